The quantitative estimate of drug-likeness (QED) is 0.597. The molecule has 2 heterocycles. The fourth-order valence-corrected chi connectivity index (χ4v) is 5.39. The highest BCUT2D eigenvalue weighted by molar-refractivity contribution is 7.99. The van der Waals surface area contributed by atoms with Crippen LogP contribution in [0, 0.1) is 0 Å². The third-order valence-electron chi connectivity index (χ3n) is 5.48. The lowest BCUT2D eigenvalue weighted by Gasteiger charge is -2.26. The van der Waals surface area contributed by atoms with Crippen LogP contribution in [-0.4, -0.2) is 43.8 Å². The van der Waals surface area contributed by atoms with E-state index in [0.717, 1.165) is 37.7 Å². The Morgan fingerprint density at radius 3 is 2.62 bits per heavy atom. The van der Waals surface area contributed by atoms with Gasteiger partial charge in [-0.15, -0.1) is 10.2 Å². The number of hydrogen-bond donors (Lipinski definition) is 0. The number of halogens is 2. The third kappa shape index (κ3) is 4.47. The maximum Gasteiger partial charge on any atom is 0.239 e. The van der Waals surface area contributed by atoms with Crippen LogP contribution in [0.3, 0.4) is 0 Å². The van der Waals surface area contributed by atoms with E-state index in [-0.39, 0.29) is 23.6 Å². The zero-order valence-corrected chi connectivity index (χ0v) is 18.3. The summed E-state index contributed by atoms with van der Waals surface area (Å²) in [5.74, 6) is 0.621. The summed E-state index contributed by atoms with van der Waals surface area (Å²) in [6.07, 6.45) is 6.82. The van der Waals surface area contributed by atoms with Crippen molar-refractivity contribution in [1.29, 1.82) is 0 Å². The number of carbonyl (C=O) groups is 2. The maximum absolute atomic E-state index is 12.5. The van der Waals surface area contributed by atoms with Crippen molar-refractivity contribution in [2.75, 3.05) is 12.3 Å². The molecule has 0 radical (unpaired) electrons. The van der Waals surface area contributed by atoms with Gasteiger partial charge in [0.2, 0.25) is 11.8 Å². The van der Waals surface area contributed by atoms with E-state index < -0.39 is 0 Å². The molecule has 6 nitrogen and oxygen atoms in total. The van der Waals surface area contributed by atoms with Gasteiger partial charge in [0.1, 0.15) is 0 Å². The van der Waals surface area contributed by atoms with E-state index in [1.165, 1.54) is 23.1 Å². The van der Waals surface area contributed by atoms with Gasteiger partial charge in [-0.05, 0) is 37.5 Å². The Kier molecular flexibility index (Phi) is 6.47. The number of likely N-dealkylation sites (tertiary alicyclic amines) is 1. The number of thioether (sulfide) groups is 1. The van der Waals surface area contributed by atoms with Crippen LogP contribution in [0.1, 0.15) is 51.0 Å². The number of hydrogen-bond acceptors (Lipinski definition) is 5. The summed E-state index contributed by atoms with van der Waals surface area (Å²) >= 11 is 13.8. The zero-order valence-electron chi connectivity index (χ0n) is 15.9. The van der Waals surface area contributed by atoms with Crippen LogP contribution >= 0.6 is 35.0 Å². The summed E-state index contributed by atoms with van der Waals surface area (Å²) in [6.45, 7) is 0.513. The molecule has 2 aromatic rings. The van der Waals surface area contributed by atoms with Gasteiger partial charge in [-0.25, -0.2) is 0 Å². The molecule has 0 N–H and O–H groups in total. The summed E-state index contributed by atoms with van der Waals surface area (Å²) in [7, 11) is 0. The minimum Gasteiger partial charge on any atom is -0.299 e. The van der Waals surface area contributed by atoms with Crippen molar-refractivity contribution in [1.82, 2.24) is 19.7 Å². The highest BCUT2D eigenvalue weighted by Crippen LogP contribution is 2.38. The van der Waals surface area contributed by atoms with Gasteiger partial charge in [0.05, 0.1) is 10.8 Å². The molecule has 2 aliphatic rings. The second kappa shape index (κ2) is 9.06. The van der Waals surface area contributed by atoms with Crippen LogP contribution in [-0.2, 0) is 9.59 Å². The second-order valence-corrected chi connectivity index (χ2v) is 9.21. The SMILES string of the molecule is O=C1CCCN1C(=O)CSc1nnc(-c2ccc(Cl)cc2Cl)n1C1CCCCC1. The first-order valence-electron chi connectivity index (χ1n) is 9.91. The van der Waals surface area contributed by atoms with Crippen LogP contribution in [0.15, 0.2) is 23.4 Å². The number of imide groups is 1. The van der Waals surface area contributed by atoms with Crippen molar-refractivity contribution in [3.05, 3.63) is 28.2 Å². The van der Waals surface area contributed by atoms with E-state index in [1.807, 2.05) is 6.07 Å². The van der Waals surface area contributed by atoms with Crippen LogP contribution < -0.4 is 0 Å². The van der Waals surface area contributed by atoms with Gasteiger partial charge < -0.3 is 0 Å². The van der Waals surface area contributed by atoms with Crippen molar-refractivity contribution >= 4 is 46.8 Å². The summed E-state index contributed by atoms with van der Waals surface area (Å²) in [5, 5.41) is 10.6. The minimum absolute atomic E-state index is 0.0852. The molecule has 2 amide bonds. The monoisotopic (exact) mass is 452 g/mol. The predicted molar refractivity (Wildman–Crippen MR) is 114 cm³/mol. The molecule has 1 saturated heterocycles. The molecule has 154 valence electrons. The van der Waals surface area contributed by atoms with E-state index in [2.05, 4.69) is 14.8 Å². The van der Waals surface area contributed by atoms with Crippen LogP contribution in [0.4, 0.5) is 0 Å². The third-order valence-corrected chi connectivity index (χ3v) is 6.95. The van der Waals surface area contributed by atoms with E-state index in [9.17, 15) is 9.59 Å². The van der Waals surface area contributed by atoms with Gasteiger partial charge in [0, 0.05) is 29.6 Å². The van der Waals surface area contributed by atoms with Crippen molar-refractivity contribution in [3.63, 3.8) is 0 Å². The molecular formula is C20H22Cl2N4O2S. The largest absolute Gasteiger partial charge is 0.299 e. The van der Waals surface area contributed by atoms with Gasteiger partial charge in [0.25, 0.3) is 0 Å². The molecule has 1 saturated carbocycles. The Hall–Kier alpha value is -1.57. The van der Waals surface area contributed by atoms with Crippen molar-refractivity contribution < 1.29 is 9.59 Å². The summed E-state index contributed by atoms with van der Waals surface area (Å²) in [4.78, 5) is 25.7. The minimum atomic E-state index is -0.165. The van der Waals surface area contributed by atoms with E-state index in [4.69, 9.17) is 23.2 Å². The Labute approximate surface area is 183 Å². The summed E-state index contributed by atoms with van der Waals surface area (Å²) in [5.41, 5.74) is 0.780. The van der Waals surface area contributed by atoms with Crippen molar-refractivity contribution in [2.24, 2.45) is 0 Å². The molecule has 1 aliphatic carbocycles. The standard InChI is InChI=1S/C20H22Cl2N4O2S/c21-13-8-9-15(16(22)11-13)19-23-24-20(26(19)14-5-2-1-3-6-14)29-12-18(28)25-10-4-7-17(25)27/h8-9,11,14H,1-7,10,12H2. The molecule has 2 fully saturated rings. The van der Waals surface area contributed by atoms with E-state index in [0.29, 0.717) is 34.0 Å². The van der Waals surface area contributed by atoms with Crippen LogP contribution in [0.5, 0.6) is 0 Å². The molecule has 0 spiro atoms. The average Bonchev–Trinajstić information content (AvgIpc) is 3.33. The number of carbonyl (C=O) groups excluding carboxylic acids is 2. The molecule has 0 atom stereocenters. The van der Waals surface area contributed by atoms with Gasteiger partial charge >= 0.3 is 0 Å². The topological polar surface area (TPSA) is 68.1 Å². The lowest BCUT2D eigenvalue weighted by molar-refractivity contribution is -0.140. The number of rotatable bonds is 5. The molecular weight excluding hydrogens is 431 g/mol. The molecule has 29 heavy (non-hydrogen) atoms. The number of aromatic nitrogens is 3. The lowest BCUT2D eigenvalue weighted by atomic mass is 9.95. The van der Waals surface area contributed by atoms with Crippen molar-refractivity contribution in [3.8, 4) is 11.4 Å². The molecule has 9 heteroatoms. The van der Waals surface area contributed by atoms with Gasteiger partial charge in [0.15, 0.2) is 11.0 Å². The smallest absolute Gasteiger partial charge is 0.239 e. The Morgan fingerprint density at radius 1 is 1.14 bits per heavy atom. The van der Waals surface area contributed by atoms with Crippen molar-refractivity contribution in [2.45, 2.75) is 56.1 Å². The van der Waals surface area contributed by atoms with Gasteiger partial charge in [-0.1, -0.05) is 54.2 Å². The Morgan fingerprint density at radius 2 is 1.93 bits per heavy atom. The molecule has 0 bridgehead atoms. The first-order valence-corrected chi connectivity index (χ1v) is 11.6. The fourth-order valence-electron chi connectivity index (χ4n) is 4.01. The number of amides is 2. The van der Waals surface area contributed by atoms with Crippen LogP contribution in [0.2, 0.25) is 10.0 Å². The Balaban J connectivity index is 1.62. The zero-order chi connectivity index (χ0) is 20.4. The normalized spacial score (nSPS) is 17.9. The molecule has 1 aromatic carbocycles. The summed E-state index contributed by atoms with van der Waals surface area (Å²) < 4.78 is 2.12. The molecule has 0 unspecified atom stereocenters. The molecule has 1 aliphatic heterocycles. The van der Waals surface area contributed by atoms with Gasteiger partial charge in [-0.2, -0.15) is 0 Å². The van der Waals surface area contributed by atoms with E-state index in [1.54, 1.807) is 12.1 Å². The highest BCUT2D eigenvalue weighted by Gasteiger charge is 2.28. The summed E-state index contributed by atoms with van der Waals surface area (Å²) in [6, 6.07) is 5.62. The predicted octanol–water partition coefficient (Wildman–Crippen LogP) is 5.00. The van der Waals surface area contributed by atoms with Crippen LogP contribution in [0.25, 0.3) is 11.4 Å². The molecule has 4 rings (SSSR count). The van der Waals surface area contributed by atoms with E-state index >= 15 is 0 Å². The second-order valence-electron chi connectivity index (χ2n) is 7.42. The first-order chi connectivity index (χ1) is 14.0. The average molecular weight is 453 g/mol. The highest BCUT2D eigenvalue weighted by atomic mass is 35.5. The number of benzene rings is 1. The molecule has 1 aromatic heterocycles. The maximum atomic E-state index is 12.5. The Bertz CT molecular complexity index is 927. The fraction of sp³-hybridized carbons (Fsp3) is 0.500. The number of nitrogens with zero attached hydrogens (tertiary/aromatic N) is 4. The van der Waals surface area contributed by atoms with Gasteiger partial charge in [-0.3, -0.25) is 19.1 Å². The first kappa shape index (κ1) is 20.7. The lowest BCUT2D eigenvalue weighted by Crippen LogP contribution is -2.33.